The van der Waals surface area contributed by atoms with Gasteiger partial charge in [-0.3, -0.25) is 0 Å². The maximum Gasteiger partial charge on any atom is 0.511 e. The van der Waals surface area contributed by atoms with Crippen LogP contribution < -0.4 is 0 Å². The van der Waals surface area contributed by atoms with E-state index in [-0.39, 0.29) is 0 Å². The number of ether oxygens (including phenoxy) is 2. The summed E-state index contributed by atoms with van der Waals surface area (Å²) >= 11 is 0. The summed E-state index contributed by atoms with van der Waals surface area (Å²) in [5.74, 6) is 4.37. The molecule has 0 saturated carbocycles. The second-order valence-corrected chi connectivity index (χ2v) is 1.66. The molecular weight excluding hydrogens is 132 g/mol. The van der Waals surface area contributed by atoms with E-state index in [1.54, 1.807) is 0 Å². The summed E-state index contributed by atoms with van der Waals surface area (Å²) in [6.45, 7) is 0. The third kappa shape index (κ3) is 0.897. The first-order valence-corrected chi connectivity index (χ1v) is 2.57. The highest BCUT2D eigenvalue weighted by atomic mass is 16.8. The van der Waals surface area contributed by atoms with Gasteiger partial charge in [0.25, 0.3) is 0 Å². The van der Waals surface area contributed by atoms with E-state index in [2.05, 4.69) is 21.3 Å². The molecule has 10 heavy (non-hydrogen) atoms. The van der Waals surface area contributed by atoms with E-state index in [0.29, 0.717) is 0 Å². The van der Waals surface area contributed by atoms with Gasteiger partial charge < -0.3 is 9.47 Å². The predicted octanol–water partition coefficient (Wildman–Crippen LogP) is 0.157. The van der Waals surface area contributed by atoms with Crippen LogP contribution in [-0.2, 0) is 9.47 Å². The van der Waals surface area contributed by atoms with Gasteiger partial charge in [-0.1, -0.05) is 11.8 Å². The monoisotopic (exact) mass is 136 g/mol. The van der Waals surface area contributed by atoms with Crippen molar-refractivity contribution in [3.8, 4) is 24.7 Å². The first-order valence-electron chi connectivity index (χ1n) is 2.57. The molecule has 0 N–H and O–H groups in total. The number of terminal acetylenes is 2. The van der Waals surface area contributed by atoms with Gasteiger partial charge in [0, 0.05) is 0 Å². The van der Waals surface area contributed by atoms with E-state index in [4.69, 9.17) is 12.8 Å². The van der Waals surface area contributed by atoms with Gasteiger partial charge in [-0.05, 0) is 0 Å². The van der Waals surface area contributed by atoms with Crippen molar-refractivity contribution in [3.63, 3.8) is 0 Å². The second-order valence-electron chi connectivity index (χ2n) is 1.66. The molecule has 0 bridgehead atoms. The van der Waals surface area contributed by atoms with Crippen molar-refractivity contribution in [1.82, 2.24) is 0 Å². The lowest BCUT2D eigenvalue weighted by Gasteiger charge is -1.99. The molecule has 2 atom stereocenters. The average Bonchev–Trinajstić information content (AvgIpc) is 2.30. The van der Waals surface area contributed by atoms with E-state index >= 15 is 0 Å². The van der Waals surface area contributed by atoms with Crippen molar-refractivity contribution in [3.05, 3.63) is 0 Å². The Morgan fingerprint density at radius 1 is 1.20 bits per heavy atom. The number of carbonyl (C=O) groups excluding carboxylic acids is 1. The van der Waals surface area contributed by atoms with Gasteiger partial charge in [-0.2, -0.15) is 0 Å². The van der Waals surface area contributed by atoms with Crippen LogP contribution in [0.3, 0.4) is 0 Å². The normalized spacial score (nSPS) is 29.6. The van der Waals surface area contributed by atoms with Crippen LogP contribution in [0.25, 0.3) is 0 Å². The SMILES string of the molecule is C#CC1OC(=O)OC1C#C. The number of hydrogen-bond donors (Lipinski definition) is 0. The minimum absolute atomic E-state index is 0.725. The summed E-state index contributed by atoms with van der Waals surface area (Å²) in [5.41, 5.74) is 0. The first kappa shape index (κ1) is 6.51. The van der Waals surface area contributed by atoms with E-state index in [1.807, 2.05) is 0 Å². The van der Waals surface area contributed by atoms with Crippen LogP contribution in [0, 0.1) is 24.7 Å². The molecule has 50 valence electrons. The fraction of sp³-hybridized carbons (Fsp3) is 0.286. The molecular formula is C7H4O3. The molecule has 3 heteroatoms. The van der Waals surface area contributed by atoms with Crippen molar-refractivity contribution < 1.29 is 14.3 Å². The molecule has 1 heterocycles. The standard InChI is InChI=1S/C7H4O3/c1-3-5-6(4-2)10-7(8)9-5/h1-2,5-6H. The maximum atomic E-state index is 10.3. The highest BCUT2D eigenvalue weighted by molar-refractivity contribution is 5.64. The zero-order valence-corrected chi connectivity index (χ0v) is 5.03. The Hall–Kier alpha value is -1.61. The number of hydrogen-bond acceptors (Lipinski definition) is 3. The first-order chi connectivity index (χ1) is 4.77. The van der Waals surface area contributed by atoms with Gasteiger partial charge in [-0.25, -0.2) is 4.79 Å². The van der Waals surface area contributed by atoms with E-state index in [9.17, 15) is 4.79 Å². The highest BCUT2D eigenvalue weighted by Gasteiger charge is 2.33. The quantitative estimate of drug-likeness (QED) is 0.351. The molecule has 0 radical (unpaired) electrons. The van der Waals surface area contributed by atoms with Crippen LogP contribution in [0.15, 0.2) is 0 Å². The summed E-state index contributed by atoms with van der Waals surface area (Å²) in [5, 5.41) is 0. The number of carbonyl (C=O) groups is 1. The fourth-order valence-electron chi connectivity index (χ4n) is 0.602. The van der Waals surface area contributed by atoms with Crippen LogP contribution in [0.5, 0.6) is 0 Å². The van der Waals surface area contributed by atoms with Gasteiger partial charge in [0.15, 0.2) is 0 Å². The Morgan fingerprint density at radius 3 is 1.90 bits per heavy atom. The van der Waals surface area contributed by atoms with Gasteiger partial charge in [0.05, 0.1) is 0 Å². The molecule has 0 aliphatic carbocycles. The Morgan fingerprint density at radius 2 is 1.60 bits per heavy atom. The van der Waals surface area contributed by atoms with Crippen LogP contribution in [0.4, 0.5) is 4.79 Å². The van der Waals surface area contributed by atoms with Crippen LogP contribution in [0.1, 0.15) is 0 Å². The summed E-state index contributed by atoms with van der Waals surface area (Å²) < 4.78 is 8.95. The smallest absolute Gasteiger partial charge is 0.413 e. The highest BCUT2D eigenvalue weighted by Crippen LogP contribution is 2.12. The number of cyclic esters (lactones) is 2. The second kappa shape index (κ2) is 2.33. The van der Waals surface area contributed by atoms with Crippen LogP contribution in [0.2, 0.25) is 0 Å². The lowest BCUT2D eigenvalue weighted by molar-refractivity contribution is 0.123. The molecule has 0 aromatic heterocycles. The third-order valence-electron chi connectivity index (χ3n) is 1.05. The molecule has 0 aromatic rings. The molecule has 2 unspecified atom stereocenters. The predicted molar refractivity (Wildman–Crippen MR) is 32.8 cm³/mol. The zero-order chi connectivity index (χ0) is 7.56. The maximum absolute atomic E-state index is 10.3. The third-order valence-corrected chi connectivity index (χ3v) is 1.05. The van der Waals surface area contributed by atoms with Crippen molar-refractivity contribution in [2.24, 2.45) is 0 Å². The minimum Gasteiger partial charge on any atom is -0.413 e. The zero-order valence-electron chi connectivity index (χ0n) is 5.03. The van der Waals surface area contributed by atoms with Crippen molar-refractivity contribution in [2.45, 2.75) is 12.2 Å². The van der Waals surface area contributed by atoms with E-state index in [1.165, 1.54) is 0 Å². The largest absolute Gasteiger partial charge is 0.511 e. The number of rotatable bonds is 0. The molecule has 1 aliphatic rings. The van der Waals surface area contributed by atoms with E-state index < -0.39 is 18.4 Å². The summed E-state index contributed by atoms with van der Waals surface area (Å²) in [6, 6.07) is 0. The minimum atomic E-state index is -0.800. The summed E-state index contributed by atoms with van der Waals surface area (Å²) in [4.78, 5) is 10.3. The van der Waals surface area contributed by atoms with Gasteiger partial charge in [0.2, 0.25) is 12.2 Å². The van der Waals surface area contributed by atoms with Gasteiger partial charge in [0.1, 0.15) is 0 Å². The molecule has 3 nitrogen and oxygen atoms in total. The van der Waals surface area contributed by atoms with E-state index in [0.717, 1.165) is 0 Å². The lowest BCUT2D eigenvalue weighted by Crippen LogP contribution is -2.17. The molecule has 1 fully saturated rings. The van der Waals surface area contributed by atoms with Crippen molar-refractivity contribution in [1.29, 1.82) is 0 Å². The van der Waals surface area contributed by atoms with Crippen LogP contribution in [-0.4, -0.2) is 18.4 Å². The molecule has 0 spiro atoms. The fourth-order valence-corrected chi connectivity index (χ4v) is 0.602. The van der Waals surface area contributed by atoms with Crippen molar-refractivity contribution in [2.75, 3.05) is 0 Å². The topological polar surface area (TPSA) is 35.5 Å². The Kier molecular flexibility index (Phi) is 1.51. The Labute approximate surface area is 58.3 Å². The summed E-state index contributed by atoms with van der Waals surface area (Å²) in [7, 11) is 0. The van der Waals surface area contributed by atoms with Gasteiger partial charge >= 0.3 is 6.16 Å². The Balaban J connectivity index is 2.71. The van der Waals surface area contributed by atoms with Crippen LogP contribution >= 0.6 is 0 Å². The molecule has 1 rings (SSSR count). The molecule has 1 aliphatic heterocycles. The van der Waals surface area contributed by atoms with Crippen molar-refractivity contribution >= 4 is 6.16 Å². The summed E-state index contributed by atoms with van der Waals surface area (Å²) in [6.07, 6.45) is 7.67. The van der Waals surface area contributed by atoms with Gasteiger partial charge in [-0.15, -0.1) is 12.8 Å². The molecule has 0 amide bonds. The lowest BCUT2D eigenvalue weighted by atomic mass is 10.2. The molecule has 0 aromatic carbocycles. The average molecular weight is 136 g/mol. The Bertz CT molecular complexity index is 206. The molecule has 1 saturated heterocycles.